The van der Waals surface area contributed by atoms with Crippen molar-refractivity contribution in [1.82, 2.24) is 15.0 Å². The average Bonchev–Trinajstić information content (AvgIpc) is 3.04. The van der Waals surface area contributed by atoms with Crippen molar-refractivity contribution < 1.29 is 4.79 Å². The maximum Gasteiger partial charge on any atom is 0.236 e. The summed E-state index contributed by atoms with van der Waals surface area (Å²) in [4.78, 5) is 25.5. The molecule has 0 atom stereocenters. The Balaban J connectivity index is 1.54. The summed E-state index contributed by atoms with van der Waals surface area (Å²) in [6.07, 6.45) is 5.82. The van der Waals surface area contributed by atoms with Crippen LogP contribution in [0, 0.1) is 6.92 Å². The lowest BCUT2D eigenvalue weighted by Crippen LogP contribution is -2.13. The monoisotopic (exact) mass is 390 g/mol. The molecule has 0 unspecified atom stereocenters. The molecule has 0 aliphatic rings. The second-order valence-electron chi connectivity index (χ2n) is 5.26. The van der Waals surface area contributed by atoms with Crippen LogP contribution in [0.15, 0.2) is 48.0 Å². The highest BCUT2D eigenvalue weighted by atomic mass is 35.5. The van der Waals surface area contributed by atoms with Gasteiger partial charge in [0.1, 0.15) is 0 Å². The van der Waals surface area contributed by atoms with Crippen LogP contribution in [-0.2, 0) is 11.2 Å². The van der Waals surface area contributed by atoms with Gasteiger partial charge in [-0.15, -0.1) is 11.3 Å². The highest BCUT2D eigenvalue weighted by Gasteiger charge is 2.09. The molecule has 0 fully saturated rings. The van der Waals surface area contributed by atoms with Crippen LogP contribution in [0.3, 0.4) is 0 Å². The Morgan fingerprint density at radius 3 is 2.84 bits per heavy atom. The molecule has 8 heteroatoms. The number of carbonyl (C=O) groups excluding carboxylic acids is 1. The lowest BCUT2D eigenvalue weighted by atomic mass is 10.1. The summed E-state index contributed by atoms with van der Waals surface area (Å²) in [6, 6.07) is 7.76. The molecule has 25 heavy (non-hydrogen) atoms. The SMILES string of the molecule is Cc1ccc(Cc2cnc(NC(=O)CSc3ncccn3)s2)cc1Cl. The Morgan fingerprint density at radius 1 is 1.28 bits per heavy atom. The Labute approximate surface area is 158 Å². The Kier molecular flexibility index (Phi) is 6.01. The van der Waals surface area contributed by atoms with Gasteiger partial charge < -0.3 is 5.32 Å². The number of carbonyl (C=O) groups is 1. The molecule has 0 saturated heterocycles. The highest BCUT2D eigenvalue weighted by Crippen LogP contribution is 2.24. The zero-order chi connectivity index (χ0) is 17.6. The fourth-order valence-electron chi connectivity index (χ4n) is 2.04. The quantitative estimate of drug-likeness (QED) is 0.504. The van der Waals surface area contributed by atoms with E-state index in [1.165, 1.54) is 23.1 Å². The smallest absolute Gasteiger partial charge is 0.236 e. The molecular weight excluding hydrogens is 376 g/mol. The third-order valence-electron chi connectivity index (χ3n) is 3.29. The van der Waals surface area contributed by atoms with E-state index in [1.54, 1.807) is 24.7 Å². The number of benzene rings is 1. The van der Waals surface area contributed by atoms with Gasteiger partial charge in [-0.25, -0.2) is 15.0 Å². The standard InChI is InChI=1S/C17H15ClN4OS2/c1-11-3-4-12(8-14(11)18)7-13-9-21-17(25-13)22-15(23)10-24-16-19-5-2-6-20-16/h2-6,8-9H,7,10H2,1H3,(H,21,22,23). The van der Waals surface area contributed by atoms with E-state index in [2.05, 4.69) is 26.3 Å². The lowest BCUT2D eigenvalue weighted by Gasteiger charge is -2.02. The molecule has 3 rings (SSSR count). The highest BCUT2D eigenvalue weighted by molar-refractivity contribution is 7.99. The van der Waals surface area contributed by atoms with Gasteiger partial charge in [-0.2, -0.15) is 0 Å². The van der Waals surface area contributed by atoms with Crippen LogP contribution in [0.1, 0.15) is 16.0 Å². The van der Waals surface area contributed by atoms with Crippen LogP contribution in [0.4, 0.5) is 5.13 Å². The van der Waals surface area contributed by atoms with Crippen LogP contribution < -0.4 is 5.32 Å². The summed E-state index contributed by atoms with van der Waals surface area (Å²) >= 11 is 8.91. The molecule has 0 spiro atoms. The maximum absolute atomic E-state index is 12.0. The fraction of sp³-hybridized carbons (Fsp3) is 0.176. The van der Waals surface area contributed by atoms with Gasteiger partial charge in [-0.1, -0.05) is 35.5 Å². The summed E-state index contributed by atoms with van der Waals surface area (Å²) in [7, 11) is 0. The van der Waals surface area contributed by atoms with Crippen LogP contribution in [0.2, 0.25) is 5.02 Å². The normalized spacial score (nSPS) is 10.6. The minimum atomic E-state index is -0.128. The van der Waals surface area contributed by atoms with Crippen LogP contribution in [0.25, 0.3) is 0 Å². The van der Waals surface area contributed by atoms with E-state index in [9.17, 15) is 4.79 Å². The summed E-state index contributed by atoms with van der Waals surface area (Å²) in [6.45, 7) is 1.98. The molecule has 1 N–H and O–H groups in total. The number of anilines is 1. The van der Waals surface area contributed by atoms with Gasteiger partial charge in [0.2, 0.25) is 5.91 Å². The number of aryl methyl sites for hydroxylation is 1. The molecule has 1 aromatic carbocycles. The van der Waals surface area contributed by atoms with Crippen molar-refractivity contribution >= 4 is 45.7 Å². The molecule has 5 nitrogen and oxygen atoms in total. The second-order valence-corrected chi connectivity index (χ2v) is 7.73. The van der Waals surface area contributed by atoms with Gasteiger partial charge in [-0.3, -0.25) is 4.79 Å². The lowest BCUT2D eigenvalue weighted by molar-refractivity contribution is -0.113. The summed E-state index contributed by atoms with van der Waals surface area (Å²) in [5.74, 6) is 0.115. The van der Waals surface area contributed by atoms with Gasteiger partial charge in [0.25, 0.3) is 0 Å². The van der Waals surface area contributed by atoms with Crippen LogP contribution >= 0.6 is 34.7 Å². The van der Waals surface area contributed by atoms with Gasteiger partial charge in [0.15, 0.2) is 10.3 Å². The molecule has 128 valence electrons. The van der Waals surface area contributed by atoms with E-state index >= 15 is 0 Å². The Bertz CT molecular complexity index is 870. The Morgan fingerprint density at radius 2 is 2.08 bits per heavy atom. The fourth-order valence-corrected chi connectivity index (χ4v) is 3.71. The third kappa shape index (κ3) is 5.26. The van der Waals surface area contributed by atoms with Crippen molar-refractivity contribution in [1.29, 1.82) is 0 Å². The summed E-state index contributed by atoms with van der Waals surface area (Å²) in [5.41, 5.74) is 2.18. The predicted molar refractivity (Wildman–Crippen MR) is 102 cm³/mol. The van der Waals surface area contributed by atoms with E-state index in [0.29, 0.717) is 10.3 Å². The van der Waals surface area contributed by atoms with Crippen molar-refractivity contribution in [2.75, 3.05) is 11.1 Å². The first-order valence-electron chi connectivity index (χ1n) is 7.49. The zero-order valence-electron chi connectivity index (χ0n) is 13.4. The van der Waals surface area contributed by atoms with Gasteiger partial charge in [0.05, 0.1) is 5.75 Å². The average molecular weight is 391 g/mol. The van der Waals surface area contributed by atoms with Crippen molar-refractivity contribution in [3.63, 3.8) is 0 Å². The summed E-state index contributed by atoms with van der Waals surface area (Å²) in [5, 5.41) is 4.73. The number of thioether (sulfide) groups is 1. The number of halogens is 1. The van der Waals surface area contributed by atoms with Crippen LogP contribution in [0.5, 0.6) is 0 Å². The van der Waals surface area contributed by atoms with E-state index in [4.69, 9.17) is 11.6 Å². The number of amides is 1. The molecule has 0 saturated carbocycles. The zero-order valence-corrected chi connectivity index (χ0v) is 15.8. The molecule has 0 aliphatic carbocycles. The molecule has 1 amide bonds. The van der Waals surface area contributed by atoms with E-state index in [1.807, 2.05) is 19.1 Å². The van der Waals surface area contributed by atoms with Crippen molar-refractivity contribution in [3.05, 3.63) is 63.9 Å². The minimum absolute atomic E-state index is 0.128. The minimum Gasteiger partial charge on any atom is -0.301 e. The van der Waals surface area contributed by atoms with Crippen molar-refractivity contribution in [2.45, 2.75) is 18.5 Å². The largest absolute Gasteiger partial charge is 0.301 e. The predicted octanol–water partition coefficient (Wildman–Crippen LogP) is 4.22. The first-order chi connectivity index (χ1) is 12.1. The van der Waals surface area contributed by atoms with Gasteiger partial charge in [0, 0.05) is 34.9 Å². The van der Waals surface area contributed by atoms with Crippen LogP contribution in [-0.4, -0.2) is 26.6 Å². The van der Waals surface area contributed by atoms with Gasteiger partial charge >= 0.3 is 0 Å². The third-order valence-corrected chi connectivity index (χ3v) is 5.48. The van der Waals surface area contributed by atoms with E-state index < -0.39 is 0 Å². The number of aromatic nitrogens is 3. The molecule has 0 radical (unpaired) electrons. The molecule has 2 heterocycles. The molecular formula is C17H15ClN4OS2. The number of hydrogen-bond acceptors (Lipinski definition) is 6. The second kappa shape index (κ2) is 8.42. The molecule has 3 aromatic rings. The number of rotatable bonds is 6. The molecule has 0 bridgehead atoms. The first-order valence-corrected chi connectivity index (χ1v) is 9.67. The molecule has 2 aromatic heterocycles. The number of nitrogens with one attached hydrogen (secondary N) is 1. The number of nitrogens with zero attached hydrogens (tertiary/aromatic N) is 3. The van der Waals surface area contributed by atoms with Gasteiger partial charge in [-0.05, 0) is 30.2 Å². The summed E-state index contributed by atoms with van der Waals surface area (Å²) < 4.78 is 0. The topological polar surface area (TPSA) is 67.8 Å². The number of thiazole rings is 1. The van der Waals surface area contributed by atoms with Crippen molar-refractivity contribution in [2.24, 2.45) is 0 Å². The van der Waals surface area contributed by atoms with Crippen molar-refractivity contribution in [3.8, 4) is 0 Å². The first kappa shape index (κ1) is 17.8. The van der Waals surface area contributed by atoms with E-state index in [-0.39, 0.29) is 11.7 Å². The number of hydrogen-bond donors (Lipinski definition) is 1. The maximum atomic E-state index is 12.0. The van der Waals surface area contributed by atoms with E-state index in [0.717, 1.165) is 27.4 Å². The molecule has 0 aliphatic heterocycles. The Hall–Kier alpha value is -1.96.